The second kappa shape index (κ2) is 13.1. The first-order chi connectivity index (χ1) is 24.4. The van der Waals surface area contributed by atoms with Crippen LogP contribution in [0.4, 0.5) is 22.7 Å². The Morgan fingerprint density at radius 1 is 0.922 bits per heavy atom. The number of hydrogen-bond acceptors (Lipinski definition) is 9. The highest BCUT2D eigenvalue weighted by molar-refractivity contribution is 9.09. The fraction of sp³-hybridized carbons (Fsp3) is 0.351. The summed E-state index contributed by atoms with van der Waals surface area (Å²) < 4.78 is 5.65. The van der Waals surface area contributed by atoms with E-state index in [2.05, 4.69) is 26.2 Å². The predicted molar refractivity (Wildman–Crippen MR) is 196 cm³/mol. The van der Waals surface area contributed by atoms with Gasteiger partial charge in [0.05, 0.1) is 41.0 Å². The Morgan fingerprint density at radius 3 is 2.18 bits per heavy atom. The average Bonchev–Trinajstić information content (AvgIpc) is 3.46. The monoisotopic (exact) mass is 793 g/mol. The molecule has 3 fully saturated rings. The molecular formula is C37H34BrCl2N5O6. The highest BCUT2D eigenvalue weighted by atomic mass is 79.9. The third-order valence-corrected chi connectivity index (χ3v) is 12.3. The number of hydrogen-bond donors (Lipinski definition) is 1. The van der Waals surface area contributed by atoms with Crippen molar-refractivity contribution in [1.82, 2.24) is 4.90 Å². The van der Waals surface area contributed by atoms with Crippen LogP contribution < -0.4 is 14.5 Å². The average molecular weight is 796 g/mol. The molecule has 7 rings (SSSR count). The van der Waals surface area contributed by atoms with Crippen molar-refractivity contribution in [2.75, 3.05) is 36.0 Å². The number of halogens is 3. The second-order valence-corrected chi connectivity index (χ2v) is 15.0. The lowest BCUT2D eigenvalue weighted by Gasteiger charge is -2.50. The van der Waals surface area contributed by atoms with Crippen LogP contribution in [0.25, 0.3) is 0 Å². The Labute approximate surface area is 313 Å². The number of benzene rings is 3. The molecule has 264 valence electrons. The molecule has 2 aliphatic heterocycles. The Bertz CT molecular complexity index is 2010. The Hall–Kier alpha value is -4.26. The first-order valence-corrected chi connectivity index (χ1v) is 18.4. The SMILES string of the molecule is CCOc1cccc(C2C3=CCC4C(=O)N(c5ccc(N=Nc6ccc(N(C)C)cc6)cc5)C(=O)C4C3CC3(Cl)C(=O)N(CBr)C(=O)C23Cl)c1O. The van der Waals surface area contributed by atoms with Gasteiger partial charge in [-0.25, -0.2) is 0 Å². The maximum absolute atomic E-state index is 14.4. The van der Waals surface area contributed by atoms with Crippen LogP contribution in [0.1, 0.15) is 31.2 Å². The Kier molecular flexibility index (Phi) is 9.00. The number of carbonyl (C=O) groups is 4. The topological polar surface area (TPSA) is 132 Å². The van der Waals surface area contributed by atoms with Gasteiger partial charge in [0, 0.05) is 31.3 Å². The summed E-state index contributed by atoms with van der Waals surface area (Å²) in [6.45, 7) is 2.03. The number of phenols is 1. The smallest absolute Gasteiger partial charge is 0.254 e. The number of azo groups is 1. The summed E-state index contributed by atoms with van der Waals surface area (Å²) in [6, 6.07) is 19.1. The van der Waals surface area contributed by atoms with Crippen LogP contribution in [0, 0.1) is 17.8 Å². The zero-order valence-electron chi connectivity index (χ0n) is 27.9. The van der Waals surface area contributed by atoms with Crippen LogP contribution in [-0.2, 0) is 19.2 Å². The van der Waals surface area contributed by atoms with E-state index < -0.39 is 51.1 Å². The van der Waals surface area contributed by atoms with Crippen LogP contribution in [0.3, 0.4) is 0 Å². The van der Waals surface area contributed by atoms with Crippen LogP contribution in [-0.4, -0.2) is 69.5 Å². The molecule has 6 atom stereocenters. The molecule has 2 heterocycles. The van der Waals surface area contributed by atoms with Gasteiger partial charge in [-0.1, -0.05) is 39.7 Å². The van der Waals surface area contributed by atoms with Gasteiger partial charge >= 0.3 is 0 Å². The fourth-order valence-electron chi connectivity index (χ4n) is 8.00. The molecule has 4 amide bonds. The van der Waals surface area contributed by atoms with Crippen LogP contribution in [0.2, 0.25) is 0 Å². The van der Waals surface area contributed by atoms with Gasteiger partial charge in [0.25, 0.3) is 11.8 Å². The molecule has 6 unspecified atom stereocenters. The van der Waals surface area contributed by atoms with E-state index in [0.717, 1.165) is 10.6 Å². The van der Waals surface area contributed by atoms with Crippen molar-refractivity contribution in [3.05, 3.63) is 83.9 Å². The molecule has 3 aromatic rings. The number of allylic oxidation sites excluding steroid dienone is 2. The van der Waals surface area contributed by atoms with E-state index in [0.29, 0.717) is 22.6 Å². The molecule has 11 nitrogen and oxygen atoms in total. The lowest BCUT2D eigenvalue weighted by molar-refractivity contribution is -0.138. The summed E-state index contributed by atoms with van der Waals surface area (Å²) in [5.74, 6) is -5.80. The molecule has 0 aromatic heterocycles. The van der Waals surface area contributed by atoms with Gasteiger partial charge in [0.1, 0.15) is 0 Å². The standard InChI is InChI=1S/C37H34BrCl2N5O6/c1-4-51-28-7-5-6-26(31(28)46)30-24-16-17-25-29(27(24)18-36(39)34(49)44(19-38)35(50)37(30,36)40)33(48)45(32(25)47)23-14-10-21(11-15-23)42-41-20-8-12-22(13-9-20)43(2)3/h5-16,25,27,29-30,46H,4,17-19H2,1-3H3. The molecule has 3 aromatic carbocycles. The predicted octanol–water partition coefficient (Wildman–Crippen LogP) is 7.19. The molecule has 0 bridgehead atoms. The van der Waals surface area contributed by atoms with E-state index in [1.165, 1.54) is 4.90 Å². The van der Waals surface area contributed by atoms with Crippen LogP contribution in [0.5, 0.6) is 11.5 Å². The van der Waals surface area contributed by atoms with Crippen LogP contribution in [0.15, 0.2) is 88.6 Å². The number of para-hydroxylation sites is 1. The summed E-state index contributed by atoms with van der Waals surface area (Å²) in [7, 11) is 3.91. The number of carbonyl (C=O) groups excluding carboxylic acids is 4. The molecule has 2 aliphatic carbocycles. The van der Waals surface area contributed by atoms with Gasteiger partial charge in [-0.15, -0.1) is 23.2 Å². The van der Waals surface area contributed by atoms with Crippen molar-refractivity contribution in [2.24, 2.45) is 28.0 Å². The third kappa shape index (κ3) is 5.28. The van der Waals surface area contributed by atoms with Gasteiger partial charge in [-0.05, 0) is 80.3 Å². The highest BCUT2D eigenvalue weighted by Gasteiger charge is 2.76. The van der Waals surface area contributed by atoms with Gasteiger partial charge in [-0.3, -0.25) is 29.0 Å². The molecular weight excluding hydrogens is 761 g/mol. The maximum Gasteiger partial charge on any atom is 0.254 e. The Morgan fingerprint density at radius 2 is 1.57 bits per heavy atom. The van der Waals surface area contributed by atoms with E-state index >= 15 is 0 Å². The number of alkyl halides is 3. The van der Waals surface area contributed by atoms with Crippen molar-refractivity contribution < 1.29 is 29.0 Å². The lowest BCUT2D eigenvalue weighted by Crippen LogP contribution is -2.60. The molecule has 1 N–H and O–H groups in total. The minimum absolute atomic E-state index is 0.148. The number of amides is 4. The van der Waals surface area contributed by atoms with E-state index in [4.69, 9.17) is 27.9 Å². The van der Waals surface area contributed by atoms with Gasteiger partial charge in [-0.2, -0.15) is 10.2 Å². The number of anilines is 2. The molecule has 2 saturated heterocycles. The maximum atomic E-state index is 14.4. The zero-order chi connectivity index (χ0) is 36.4. The molecule has 51 heavy (non-hydrogen) atoms. The van der Waals surface area contributed by atoms with Gasteiger partial charge in [0.2, 0.25) is 11.8 Å². The number of aromatic hydroxyl groups is 1. The molecule has 1 saturated carbocycles. The molecule has 4 aliphatic rings. The van der Waals surface area contributed by atoms with Gasteiger partial charge in [0.15, 0.2) is 21.2 Å². The molecule has 0 radical (unpaired) electrons. The first-order valence-electron chi connectivity index (χ1n) is 16.5. The van der Waals surface area contributed by atoms with E-state index in [9.17, 15) is 24.3 Å². The number of fused-ring (bicyclic) bond motifs is 4. The fourth-order valence-corrected chi connectivity index (χ4v) is 9.42. The van der Waals surface area contributed by atoms with Crippen molar-refractivity contribution in [2.45, 2.75) is 35.4 Å². The van der Waals surface area contributed by atoms with E-state index in [1.807, 2.05) is 49.3 Å². The normalized spacial score (nSPS) is 28.5. The number of likely N-dealkylation sites (tertiary alicyclic amines) is 1. The zero-order valence-corrected chi connectivity index (χ0v) is 31.0. The Balaban J connectivity index is 1.23. The summed E-state index contributed by atoms with van der Waals surface area (Å²) in [5.41, 5.74) is 3.26. The minimum Gasteiger partial charge on any atom is -0.504 e. The number of nitrogens with zero attached hydrogens (tertiary/aromatic N) is 5. The highest BCUT2D eigenvalue weighted by Crippen LogP contribution is 2.66. The lowest BCUT2D eigenvalue weighted by atomic mass is 9.56. The number of imide groups is 2. The summed E-state index contributed by atoms with van der Waals surface area (Å²) in [5, 5.41) is 20.1. The summed E-state index contributed by atoms with van der Waals surface area (Å²) >= 11 is 17.8. The number of ether oxygens (including phenoxy) is 1. The second-order valence-electron chi connectivity index (χ2n) is 13.3. The quantitative estimate of drug-likeness (QED) is 0.0840. The van der Waals surface area contributed by atoms with Gasteiger partial charge < -0.3 is 14.7 Å². The molecule has 0 spiro atoms. The largest absolute Gasteiger partial charge is 0.504 e. The van der Waals surface area contributed by atoms with E-state index in [-0.39, 0.29) is 47.9 Å². The van der Waals surface area contributed by atoms with Crippen LogP contribution >= 0.6 is 39.1 Å². The summed E-state index contributed by atoms with van der Waals surface area (Å²) in [4.78, 5) is 56.4. The van der Waals surface area contributed by atoms with Crippen molar-refractivity contribution >= 4 is 85.5 Å². The summed E-state index contributed by atoms with van der Waals surface area (Å²) in [6.07, 6.45) is 1.84. The van der Waals surface area contributed by atoms with E-state index in [1.54, 1.807) is 49.4 Å². The third-order valence-electron chi connectivity index (χ3n) is 10.4. The first kappa shape index (κ1) is 35.2. The number of rotatable bonds is 8. The minimum atomic E-state index is -2.04. The number of phenolic OH excluding ortho intramolecular Hbond substituents is 1. The van der Waals surface area contributed by atoms with Crippen molar-refractivity contribution in [1.29, 1.82) is 0 Å². The molecule has 14 heteroatoms. The van der Waals surface area contributed by atoms with Crippen molar-refractivity contribution in [3.8, 4) is 11.5 Å². The van der Waals surface area contributed by atoms with Crippen molar-refractivity contribution in [3.63, 3.8) is 0 Å².